The molecule has 0 aliphatic heterocycles. The summed E-state index contributed by atoms with van der Waals surface area (Å²) in [6, 6.07) is 6.06. The minimum absolute atomic E-state index is 0.498. The molecule has 1 atom stereocenters. The van der Waals surface area contributed by atoms with Crippen molar-refractivity contribution >= 4 is 0 Å². The number of hydrogen-bond donors (Lipinski definition) is 0. The Hall–Kier alpha value is -1.44. The van der Waals surface area contributed by atoms with E-state index in [2.05, 4.69) is 32.1 Å². The summed E-state index contributed by atoms with van der Waals surface area (Å²) in [5, 5.41) is 0. The Bertz CT molecular complexity index is 396. The molecule has 0 fully saturated rings. The van der Waals surface area contributed by atoms with Crippen molar-refractivity contribution in [3.8, 4) is 11.5 Å². The Morgan fingerprint density at radius 3 is 2.47 bits per heavy atom. The van der Waals surface area contributed by atoms with Gasteiger partial charge in [-0.25, -0.2) is 0 Å². The van der Waals surface area contributed by atoms with Gasteiger partial charge in [-0.05, 0) is 43.4 Å². The maximum Gasteiger partial charge on any atom is 0.122 e. The summed E-state index contributed by atoms with van der Waals surface area (Å²) in [4.78, 5) is 0. The van der Waals surface area contributed by atoms with E-state index in [4.69, 9.17) is 9.47 Å². The van der Waals surface area contributed by atoms with Crippen LogP contribution < -0.4 is 9.47 Å². The Balaban J connectivity index is 3.00. The highest BCUT2D eigenvalue weighted by atomic mass is 16.5. The molecule has 19 heavy (non-hydrogen) atoms. The van der Waals surface area contributed by atoms with Gasteiger partial charge >= 0.3 is 0 Å². The normalized spacial score (nSPS) is 12.6. The van der Waals surface area contributed by atoms with Crippen molar-refractivity contribution < 1.29 is 9.47 Å². The van der Waals surface area contributed by atoms with Crippen LogP contribution in [0.25, 0.3) is 0 Å². The highest BCUT2D eigenvalue weighted by molar-refractivity contribution is 5.42. The molecule has 2 heteroatoms. The predicted octanol–water partition coefficient (Wildman–Crippen LogP) is 4.94. The van der Waals surface area contributed by atoms with Gasteiger partial charge in [-0.1, -0.05) is 32.4 Å². The van der Waals surface area contributed by atoms with Gasteiger partial charge in [-0.3, -0.25) is 0 Å². The molecule has 106 valence electrons. The van der Waals surface area contributed by atoms with E-state index in [1.165, 1.54) is 12.0 Å². The van der Waals surface area contributed by atoms with E-state index in [1.807, 2.05) is 12.1 Å². The lowest BCUT2D eigenvalue weighted by Crippen LogP contribution is -2.01. The fourth-order valence-corrected chi connectivity index (χ4v) is 2.33. The first-order valence-electron chi connectivity index (χ1n) is 7.13. The number of ether oxygens (including phenoxy) is 2. The Morgan fingerprint density at radius 1 is 1.11 bits per heavy atom. The lowest BCUT2D eigenvalue weighted by Gasteiger charge is -2.19. The lowest BCUT2D eigenvalue weighted by molar-refractivity contribution is 0.393. The number of methoxy groups -OCH3 is 2. The molecule has 0 bridgehead atoms. The zero-order chi connectivity index (χ0) is 14.1. The minimum atomic E-state index is 0.498. The van der Waals surface area contributed by atoms with Crippen LogP contribution in [0.5, 0.6) is 11.5 Å². The summed E-state index contributed by atoms with van der Waals surface area (Å²) in [6.07, 6.45) is 9.00. The zero-order valence-electron chi connectivity index (χ0n) is 12.6. The molecule has 0 spiro atoms. The van der Waals surface area contributed by atoms with Gasteiger partial charge in [0.1, 0.15) is 11.5 Å². The van der Waals surface area contributed by atoms with Gasteiger partial charge < -0.3 is 9.47 Å². The number of rotatable bonds is 8. The minimum Gasteiger partial charge on any atom is -0.497 e. The van der Waals surface area contributed by atoms with Crippen molar-refractivity contribution in [1.29, 1.82) is 0 Å². The summed E-state index contributed by atoms with van der Waals surface area (Å²) < 4.78 is 10.8. The molecule has 1 aromatic carbocycles. The SMILES string of the molecule is CC/C=C\CC(CCC)c1cc(OC)ccc1OC. The molecule has 0 saturated heterocycles. The third-order valence-electron chi connectivity index (χ3n) is 3.34. The van der Waals surface area contributed by atoms with Crippen LogP contribution in [0.15, 0.2) is 30.4 Å². The number of allylic oxidation sites excluding steroid dienone is 2. The molecule has 1 aromatic rings. The van der Waals surface area contributed by atoms with Crippen LogP contribution in [-0.2, 0) is 0 Å². The van der Waals surface area contributed by atoms with E-state index in [0.717, 1.165) is 30.8 Å². The predicted molar refractivity (Wildman–Crippen MR) is 81.2 cm³/mol. The maximum absolute atomic E-state index is 5.50. The summed E-state index contributed by atoms with van der Waals surface area (Å²) >= 11 is 0. The third-order valence-corrected chi connectivity index (χ3v) is 3.34. The van der Waals surface area contributed by atoms with E-state index in [-0.39, 0.29) is 0 Å². The quantitative estimate of drug-likeness (QED) is 0.617. The highest BCUT2D eigenvalue weighted by Gasteiger charge is 2.15. The Kier molecular flexibility index (Phi) is 7.09. The van der Waals surface area contributed by atoms with Crippen molar-refractivity contribution in [2.45, 2.75) is 45.4 Å². The lowest BCUT2D eigenvalue weighted by atomic mass is 9.90. The molecule has 2 nitrogen and oxygen atoms in total. The highest BCUT2D eigenvalue weighted by Crippen LogP contribution is 2.35. The van der Waals surface area contributed by atoms with Crippen LogP contribution >= 0.6 is 0 Å². The van der Waals surface area contributed by atoms with Crippen LogP contribution in [0.4, 0.5) is 0 Å². The fourth-order valence-electron chi connectivity index (χ4n) is 2.33. The topological polar surface area (TPSA) is 18.5 Å². The molecular weight excluding hydrogens is 236 g/mol. The average Bonchev–Trinajstić information content (AvgIpc) is 2.46. The molecule has 0 aliphatic rings. The van der Waals surface area contributed by atoms with Crippen LogP contribution in [0, 0.1) is 0 Å². The van der Waals surface area contributed by atoms with Crippen molar-refractivity contribution in [1.82, 2.24) is 0 Å². The molecule has 0 radical (unpaired) electrons. The second kappa shape index (κ2) is 8.63. The fraction of sp³-hybridized carbons (Fsp3) is 0.529. The summed E-state index contributed by atoms with van der Waals surface area (Å²) in [5.41, 5.74) is 1.25. The van der Waals surface area contributed by atoms with E-state index < -0.39 is 0 Å². The largest absolute Gasteiger partial charge is 0.497 e. The first-order chi connectivity index (χ1) is 9.26. The zero-order valence-corrected chi connectivity index (χ0v) is 12.6. The van der Waals surface area contributed by atoms with Crippen LogP contribution in [-0.4, -0.2) is 14.2 Å². The molecule has 0 heterocycles. The monoisotopic (exact) mass is 262 g/mol. The van der Waals surface area contributed by atoms with Crippen molar-refractivity contribution in [2.24, 2.45) is 0 Å². The van der Waals surface area contributed by atoms with Crippen molar-refractivity contribution in [2.75, 3.05) is 14.2 Å². The van der Waals surface area contributed by atoms with Crippen LogP contribution in [0.2, 0.25) is 0 Å². The average molecular weight is 262 g/mol. The van der Waals surface area contributed by atoms with Crippen LogP contribution in [0.1, 0.15) is 51.0 Å². The van der Waals surface area contributed by atoms with E-state index in [1.54, 1.807) is 14.2 Å². The smallest absolute Gasteiger partial charge is 0.122 e. The van der Waals surface area contributed by atoms with E-state index in [0.29, 0.717) is 5.92 Å². The maximum atomic E-state index is 5.50. The van der Waals surface area contributed by atoms with Crippen LogP contribution in [0.3, 0.4) is 0 Å². The van der Waals surface area contributed by atoms with Gasteiger partial charge in [0, 0.05) is 5.56 Å². The summed E-state index contributed by atoms with van der Waals surface area (Å²) in [6.45, 7) is 4.39. The Morgan fingerprint density at radius 2 is 1.89 bits per heavy atom. The van der Waals surface area contributed by atoms with Gasteiger partial charge in [0.2, 0.25) is 0 Å². The van der Waals surface area contributed by atoms with Gasteiger partial charge in [0.05, 0.1) is 14.2 Å². The second-order valence-electron chi connectivity index (χ2n) is 4.71. The number of benzene rings is 1. The first-order valence-corrected chi connectivity index (χ1v) is 7.13. The van der Waals surface area contributed by atoms with Gasteiger partial charge in [0.15, 0.2) is 0 Å². The second-order valence-corrected chi connectivity index (χ2v) is 4.71. The molecule has 1 unspecified atom stereocenters. The van der Waals surface area contributed by atoms with Crippen molar-refractivity contribution in [3.05, 3.63) is 35.9 Å². The molecule has 0 amide bonds. The molecule has 1 rings (SSSR count). The standard InChI is InChI=1S/C17H26O2/c1-5-7-8-10-14(9-6-2)16-13-15(18-3)11-12-17(16)19-4/h7-8,11-14H,5-6,9-10H2,1-4H3/b8-7-. The molecule has 0 aromatic heterocycles. The van der Waals surface area contributed by atoms with Gasteiger partial charge in [0.25, 0.3) is 0 Å². The summed E-state index contributed by atoms with van der Waals surface area (Å²) in [7, 11) is 3.44. The molecular formula is C17H26O2. The number of hydrogen-bond acceptors (Lipinski definition) is 2. The molecule has 0 saturated carbocycles. The van der Waals surface area contributed by atoms with E-state index >= 15 is 0 Å². The van der Waals surface area contributed by atoms with Gasteiger partial charge in [-0.15, -0.1) is 0 Å². The van der Waals surface area contributed by atoms with Gasteiger partial charge in [-0.2, -0.15) is 0 Å². The van der Waals surface area contributed by atoms with Crippen molar-refractivity contribution in [3.63, 3.8) is 0 Å². The van der Waals surface area contributed by atoms with E-state index in [9.17, 15) is 0 Å². The molecule has 0 N–H and O–H groups in total. The molecule has 0 aliphatic carbocycles. The Labute approximate surface area is 117 Å². The summed E-state index contributed by atoms with van der Waals surface area (Å²) in [5.74, 6) is 2.36. The first kappa shape index (κ1) is 15.6. The third kappa shape index (κ3) is 4.62.